The average Bonchev–Trinajstić information content (AvgIpc) is 1.69. The molecule has 0 saturated heterocycles. The van der Waals surface area contributed by atoms with Crippen molar-refractivity contribution in [2.75, 3.05) is 83.1 Å². The third-order valence-corrected chi connectivity index (χ3v) is 14.6. The summed E-state index contributed by atoms with van der Waals surface area (Å²) in [5, 5.41) is 18.3. The van der Waals surface area contributed by atoms with E-state index < -0.39 is 0 Å². The minimum atomic E-state index is -0.153. The summed E-state index contributed by atoms with van der Waals surface area (Å²) in [4.78, 5) is 41.1. The number of alkyl halides is 7. The Morgan fingerprint density at radius 1 is 0.459 bits per heavy atom. The van der Waals surface area contributed by atoms with Crippen LogP contribution in [-0.4, -0.2) is 137 Å². The summed E-state index contributed by atoms with van der Waals surface area (Å²) in [5.41, 5.74) is 5.23. The number of nitrogens with two attached hydrogens (primary N) is 1. The minimum absolute atomic E-state index is 0. The Kier molecular flexibility index (Phi) is 81.4. The maximum absolute atomic E-state index is 8.39. The van der Waals surface area contributed by atoms with Crippen molar-refractivity contribution in [3.8, 4) is 12.1 Å². The fourth-order valence-corrected chi connectivity index (χ4v) is 8.25. The van der Waals surface area contributed by atoms with Gasteiger partial charge < -0.3 is 77.5 Å². The van der Waals surface area contributed by atoms with Crippen LogP contribution in [0, 0.1) is 46.9 Å². The van der Waals surface area contributed by atoms with E-state index in [2.05, 4.69) is 395 Å². The Hall–Kier alpha value is -0.976. The third-order valence-electron chi connectivity index (χ3n) is 13.3. The number of likely N-dealkylation sites (N-methyl/N-ethyl adjacent to an activating group) is 1. The van der Waals surface area contributed by atoms with E-state index in [0.717, 1.165) is 133 Å². The molecule has 8 rings (SSSR count). The molecular weight excluding hydrogens is 2460 g/mol. The van der Waals surface area contributed by atoms with E-state index in [-0.39, 0.29) is 104 Å². The number of aryl methyl sites for hydroxylation is 2. The van der Waals surface area contributed by atoms with Gasteiger partial charge in [0.15, 0.2) is 47.0 Å². The van der Waals surface area contributed by atoms with Crippen molar-refractivity contribution < 1.29 is 62.9 Å². The summed E-state index contributed by atoms with van der Waals surface area (Å²) < 4.78 is 47.9. The number of quaternary nitrogens is 2. The van der Waals surface area contributed by atoms with E-state index >= 15 is 0 Å². The molecule has 0 spiro atoms. The molecule has 2 N–H and O–H groups in total. The Morgan fingerprint density at radius 2 is 0.721 bits per heavy atom. The van der Waals surface area contributed by atoms with Gasteiger partial charge in [-0.1, -0.05) is 355 Å². The number of oxazole rings is 8. The SMILES string of the molecule is C.C.C.C.C.CC(C)(C)C#N.CC(C)(C)c1ncc(CBr)o1.CC(C)(C)c1ncc(CC#N)o1.CC(C)(C)c1ncc(CCN)o1.CC(C)(C)c1ncc(CC[N+](C)(C)C)o1.CC(C)(C)c1ncc(C[N+](C)(C)C)o1.CI.CN(C)Cc1cnc(C(C)(C)C)o1.CSc1nc(C(C)(C)C)oc1C.Cc1cnc(C(C)(C)C)o1.IC(I)I.ICI.[CH2-]I.[V]. The van der Waals surface area contributed by atoms with Gasteiger partial charge in [0.2, 0.25) is 5.89 Å². The van der Waals surface area contributed by atoms with Crippen LogP contribution in [0.3, 0.4) is 0 Å². The average molecular weight is 2620 g/mol. The van der Waals surface area contributed by atoms with Gasteiger partial charge in [-0.05, 0) is 66.4 Å². The summed E-state index contributed by atoms with van der Waals surface area (Å²) in [6.45, 7) is 62.9. The molecule has 0 aliphatic rings. The topological polar surface area (TPSA) is 285 Å². The first-order valence-corrected chi connectivity index (χ1v) is 50.5. The van der Waals surface area contributed by atoms with E-state index in [1.807, 2.05) is 122 Å². The molecule has 8 heterocycles. The predicted molar refractivity (Wildman–Crippen MR) is 580 cm³/mol. The summed E-state index contributed by atoms with van der Waals surface area (Å²) in [6.07, 6.45) is 16.4. The van der Waals surface area contributed by atoms with E-state index in [1.165, 1.54) is 2.43 Å². The standard InChI is InChI=1S/C12H23N2O.C11H21N2O.C10H18N2O.C9H16N2O.C9H12N2O.C9H15NOS.C8H12BrNO.C8H13NO.C5H9N.CHI3.CH2I2.CH3I.CH2I.5CH4.V/c1-12(2,3)11-13-9-10(15-11)7-8-14(4,5)6;1-11(2,3)10-12-7-9(14-10)8-13(4,5)6;1-10(2,3)9-11-6-8(13-9)7-12(4)5;2*1-9(2,3)8-11-6-7(12-8)4-5-10;1-6-7(12-5)10-8(11-6)9(2,3)4;1-8(2,3)7-10-5-6(4-9)11-7;1-6-5-9-7(10-6)8(2,3)4;1-5(2,3)4-6;2-1(3)4;2-1-3;2*1-2;;;;;;/h9H,7-8H2,1-6H3;7H,8H2,1-6H3;6H,7H2,1-5H3;6H,4-5,10H2,1-3H3;6H,4H2,1-3H3;1-5H3;5H,4H2,1-3H3;5H,1-4H3;1-3H3;1H;1H2;1H3;1H2;5*1H4;/q2*+1;;;;;;;;;;;-1;;;;;;. The van der Waals surface area contributed by atoms with Crippen LogP contribution in [0.15, 0.2) is 83.7 Å². The van der Waals surface area contributed by atoms with Gasteiger partial charge in [0.1, 0.15) is 51.8 Å². The molecule has 0 fully saturated rings. The summed E-state index contributed by atoms with van der Waals surface area (Å²) >= 11 is 20.5. The molecule has 0 bridgehead atoms. The van der Waals surface area contributed by atoms with Crippen LogP contribution < -0.4 is 5.73 Å². The van der Waals surface area contributed by atoms with Crippen molar-refractivity contribution in [2.45, 2.75) is 324 Å². The van der Waals surface area contributed by atoms with Crippen molar-refractivity contribution in [1.82, 2.24) is 44.8 Å². The van der Waals surface area contributed by atoms with E-state index in [4.69, 9.17) is 51.6 Å². The van der Waals surface area contributed by atoms with E-state index in [0.29, 0.717) is 24.6 Å². The first-order chi connectivity index (χ1) is 52.5. The molecule has 32 heteroatoms. The van der Waals surface area contributed by atoms with Gasteiger partial charge in [-0.25, -0.2) is 39.9 Å². The quantitative estimate of drug-likeness (QED) is 0.0391. The van der Waals surface area contributed by atoms with Crippen molar-refractivity contribution in [1.29, 1.82) is 10.5 Å². The molecule has 0 aromatic carbocycles. The number of nitrogens with zero attached hydrogens (tertiary/aromatic N) is 13. The van der Waals surface area contributed by atoms with Gasteiger partial charge in [0, 0.05) is 73.7 Å². The van der Waals surface area contributed by atoms with Crippen molar-refractivity contribution in [2.24, 2.45) is 11.1 Å². The molecule has 8 aromatic rings. The van der Waals surface area contributed by atoms with Gasteiger partial charge in [0.25, 0.3) is 0 Å². The van der Waals surface area contributed by atoms with Gasteiger partial charge in [-0.3, -0.25) is 4.93 Å². The molecule has 1 radical (unpaired) electrons. The molecule has 0 saturated carbocycles. The number of nitriles is 2. The number of aromatic nitrogens is 8. The van der Waals surface area contributed by atoms with Crippen molar-refractivity contribution >= 4 is 186 Å². The molecular formula is C90H167BrI7N14O8SV+. The molecule has 122 heavy (non-hydrogen) atoms. The molecule has 8 aromatic heterocycles. The number of thioether (sulfide) groups is 1. The second-order valence-corrected chi connectivity index (χ2v) is 54.5. The minimum Gasteiger partial charge on any atom is -0.445 e. The maximum Gasteiger partial charge on any atom is 0.200 e. The predicted octanol–water partition coefficient (Wildman–Crippen LogP) is 29.5. The number of hydrogen-bond acceptors (Lipinski definition) is 21. The van der Waals surface area contributed by atoms with Crippen LogP contribution in [0.4, 0.5) is 0 Å². The Morgan fingerprint density at radius 3 is 0.943 bits per heavy atom. The smallest absolute Gasteiger partial charge is 0.200 e. The van der Waals surface area contributed by atoms with Crippen LogP contribution in [0.1, 0.15) is 317 Å². The second-order valence-electron chi connectivity index (χ2n) is 37.8. The van der Waals surface area contributed by atoms with Gasteiger partial charge >= 0.3 is 0 Å². The fraction of sp³-hybridized carbons (Fsp3) is 0.700. The van der Waals surface area contributed by atoms with Gasteiger partial charge in [-0.15, -0.1) is 11.8 Å². The van der Waals surface area contributed by atoms with Crippen LogP contribution in [0.5, 0.6) is 0 Å². The molecule has 22 nitrogen and oxygen atoms in total. The zero-order chi connectivity index (χ0) is 92.2. The van der Waals surface area contributed by atoms with Crippen LogP contribution in [0.25, 0.3) is 0 Å². The first kappa shape index (κ1) is 144. The summed E-state index contributed by atoms with van der Waals surface area (Å²) in [5.74, 6) is 13.5. The molecule has 0 atom stereocenters. The molecule has 0 aliphatic heterocycles. The zero-order valence-corrected chi connectivity index (χ0v) is 97.1. The fourth-order valence-electron chi connectivity index (χ4n) is 7.49. The maximum atomic E-state index is 8.39. The summed E-state index contributed by atoms with van der Waals surface area (Å²) in [6, 6.07) is 4.12. The summed E-state index contributed by atoms with van der Waals surface area (Å²) in [7, 11) is 17.0. The molecule has 711 valence electrons. The normalized spacial score (nSPS) is 11.1. The zero-order valence-electron chi connectivity index (χ0n) is 78.2. The van der Waals surface area contributed by atoms with Crippen LogP contribution >= 0.6 is 186 Å². The van der Waals surface area contributed by atoms with Gasteiger partial charge in [0.05, 0.1) is 131 Å². The molecule has 0 unspecified atom stereocenters. The molecule has 0 aliphatic carbocycles. The number of halogens is 8. The number of rotatable bonds is 12. The largest absolute Gasteiger partial charge is 0.445 e. The monoisotopic (exact) mass is 2620 g/mol. The van der Waals surface area contributed by atoms with E-state index in [1.54, 1.807) is 42.7 Å². The van der Waals surface area contributed by atoms with Crippen molar-refractivity contribution in [3.05, 3.63) is 142 Å². The van der Waals surface area contributed by atoms with Gasteiger partial charge in [-0.2, -0.15) is 10.5 Å². The van der Waals surface area contributed by atoms with Crippen LogP contribution in [-0.2, 0) is 99.6 Å². The molecule has 0 amide bonds. The van der Waals surface area contributed by atoms with Crippen molar-refractivity contribution in [3.63, 3.8) is 0 Å². The second kappa shape index (κ2) is 69.0. The first-order valence-electron chi connectivity index (χ1n) is 37.7. The Balaban J connectivity index is -0.000000124. The van der Waals surface area contributed by atoms with E-state index in [9.17, 15) is 0 Å². The Labute approximate surface area is 865 Å². The number of hydrogen-bond donors (Lipinski definition) is 1. The third kappa shape index (κ3) is 73.7. The Bertz CT molecular complexity index is 3900. The van der Waals surface area contributed by atoms with Crippen LogP contribution in [0.2, 0.25) is 0 Å².